The molecule has 0 aliphatic rings. The minimum Gasteiger partial charge on any atom is -0.497 e. The Kier molecular flexibility index (Phi) is 6.21. The first kappa shape index (κ1) is 17.5. The van der Waals surface area contributed by atoms with Crippen molar-refractivity contribution in [1.82, 2.24) is 10.6 Å². The van der Waals surface area contributed by atoms with E-state index in [1.807, 2.05) is 52.0 Å². The van der Waals surface area contributed by atoms with E-state index in [0.29, 0.717) is 0 Å². The highest BCUT2D eigenvalue weighted by Crippen LogP contribution is 2.20. The van der Waals surface area contributed by atoms with Gasteiger partial charge in [-0.2, -0.15) is 0 Å². The predicted octanol–water partition coefficient (Wildman–Crippen LogP) is 3.04. The SMILES string of the molecule is CCC(NC(C)C(=O)NC(C)(C)C)c1ccc(OC)cc1. The lowest BCUT2D eigenvalue weighted by Crippen LogP contribution is -2.50. The molecule has 2 unspecified atom stereocenters. The van der Waals surface area contributed by atoms with E-state index in [4.69, 9.17) is 4.74 Å². The molecule has 0 aromatic heterocycles. The fourth-order valence-corrected chi connectivity index (χ4v) is 2.14. The molecule has 2 atom stereocenters. The summed E-state index contributed by atoms with van der Waals surface area (Å²) in [7, 11) is 1.66. The van der Waals surface area contributed by atoms with Gasteiger partial charge < -0.3 is 10.1 Å². The monoisotopic (exact) mass is 292 g/mol. The summed E-state index contributed by atoms with van der Waals surface area (Å²) in [6.07, 6.45) is 0.916. The molecule has 0 radical (unpaired) electrons. The van der Waals surface area contributed by atoms with Crippen LogP contribution >= 0.6 is 0 Å². The van der Waals surface area contributed by atoms with E-state index in [9.17, 15) is 4.79 Å². The van der Waals surface area contributed by atoms with Gasteiger partial charge in [0.2, 0.25) is 5.91 Å². The zero-order chi connectivity index (χ0) is 16.0. The van der Waals surface area contributed by atoms with Crippen LogP contribution in [0.3, 0.4) is 0 Å². The smallest absolute Gasteiger partial charge is 0.237 e. The summed E-state index contributed by atoms with van der Waals surface area (Å²) in [5.41, 5.74) is 0.947. The van der Waals surface area contributed by atoms with E-state index in [1.165, 1.54) is 0 Å². The number of ether oxygens (including phenoxy) is 1. The molecule has 118 valence electrons. The Morgan fingerprint density at radius 2 is 1.81 bits per heavy atom. The van der Waals surface area contributed by atoms with Gasteiger partial charge in [0.1, 0.15) is 5.75 Å². The van der Waals surface area contributed by atoms with Crippen LogP contribution in [0, 0.1) is 0 Å². The summed E-state index contributed by atoms with van der Waals surface area (Å²) in [5, 5.41) is 6.39. The summed E-state index contributed by atoms with van der Waals surface area (Å²) >= 11 is 0. The first-order chi connectivity index (χ1) is 9.76. The van der Waals surface area contributed by atoms with E-state index >= 15 is 0 Å². The fraction of sp³-hybridized carbons (Fsp3) is 0.588. The summed E-state index contributed by atoms with van der Waals surface area (Å²) in [6.45, 7) is 9.96. The lowest BCUT2D eigenvalue weighted by molar-refractivity contribution is -0.124. The van der Waals surface area contributed by atoms with Gasteiger partial charge in [-0.15, -0.1) is 0 Å². The lowest BCUT2D eigenvalue weighted by Gasteiger charge is -2.26. The molecule has 0 spiro atoms. The third-order valence-electron chi connectivity index (χ3n) is 3.27. The van der Waals surface area contributed by atoms with Crippen LogP contribution in [0.2, 0.25) is 0 Å². The van der Waals surface area contributed by atoms with Crippen LogP contribution in [0.4, 0.5) is 0 Å². The summed E-state index contributed by atoms with van der Waals surface area (Å²) < 4.78 is 5.17. The molecule has 1 amide bonds. The standard InChI is InChI=1S/C17H28N2O2/c1-7-15(13-8-10-14(21-6)11-9-13)18-12(2)16(20)19-17(3,4)5/h8-12,15,18H,7H2,1-6H3,(H,19,20). The van der Waals surface area contributed by atoms with Gasteiger partial charge in [0.05, 0.1) is 13.2 Å². The van der Waals surface area contributed by atoms with Gasteiger partial charge in [-0.25, -0.2) is 0 Å². The zero-order valence-corrected chi connectivity index (χ0v) is 14.0. The van der Waals surface area contributed by atoms with Crippen LogP contribution in [0.25, 0.3) is 0 Å². The highest BCUT2D eigenvalue weighted by Gasteiger charge is 2.21. The number of amides is 1. The Hall–Kier alpha value is -1.55. The Balaban J connectivity index is 2.70. The van der Waals surface area contributed by atoms with E-state index in [1.54, 1.807) is 7.11 Å². The van der Waals surface area contributed by atoms with Gasteiger partial charge in [0, 0.05) is 11.6 Å². The first-order valence-electron chi connectivity index (χ1n) is 7.49. The first-order valence-corrected chi connectivity index (χ1v) is 7.49. The normalized spacial score (nSPS) is 14.4. The molecule has 0 saturated carbocycles. The minimum atomic E-state index is -0.240. The second kappa shape index (κ2) is 7.46. The average Bonchev–Trinajstić information content (AvgIpc) is 2.42. The van der Waals surface area contributed by atoms with Crippen molar-refractivity contribution in [1.29, 1.82) is 0 Å². The fourth-order valence-electron chi connectivity index (χ4n) is 2.14. The number of hydrogen-bond donors (Lipinski definition) is 2. The Morgan fingerprint density at radius 1 is 1.24 bits per heavy atom. The third kappa shape index (κ3) is 5.76. The molecule has 4 nitrogen and oxygen atoms in total. The van der Waals surface area contributed by atoms with E-state index in [2.05, 4.69) is 17.6 Å². The van der Waals surface area contributed by atoms with Gasteiger partial charge in [-0.3, -0.25) is 10.1 Å². The second-order valence-electron chi connectivity index (χ2n) is 6.36. The predicted molar refractivity (Wildman–Crippen MR) is 86.5 cm³/mol. The molecule has 1 aromatic carbocycles. The molecule has 0 fully saturated rings. The molecular formula is C17H28N2O2. The number of hydrogen-bond acceptors (Lipinski definition) is 3. The van der Waals surface area contributed by atoms with Gasteiger partial charge in [0.25, 0.3) is 0 Å². The van der Waals surface area contributed by atoms with Gasteiger partial charge in [-0.1, -0.05) is 19.1 Å². The molecular weight excluding hydrogens is 264 g/mol. The van der Waals surface area contributed by atoms with Crippen LogP contribution < -0.4 is 15.4 Å². The molecule has 0 saturated heterocycles. The molecule has 2 N–H and O–H groups in total. The van der Waals surface area contributed by atoms with Gasteiger partial charge in [-0.05, 0) is 51.8 Å². The maximum Gasteiger partial charge on any atom is 0.237 e. The van der Waals surface area contributed by atoms with Crippen molar-refractivity contribution >= 4 is 5.91 Å². The van der Waals surface area contributed by atoms with Crippen molar-refractivity contribution in [3.8, 4) is 5.75 Å². The minimum absolute atomic E-state index is 0.0226. The van der Waals surface area contributed by atoms with Crippen LogP contribution in [-0.2, 0) is 4.79 Å². The average molecular weight is 292 g/mol. The largest absolute Gasteiger partial charge is 0.497 e. The molecule has 0 aliphatic carbocycles. The topological polar surface area (TPSA) is 50.4 Å². The molecule has 0 bridgehead atoms. The third-order valence-corrected chi connectivity index (χ3v) is 3.27. The molecule has 1 aromatic rings. The molecule has 0 aliphatic heterocycles. The van der Waals surface area contributed by atoms with Crippen molar-refractivity contribution in [2.24, 2.45) is 0 Å². The highest BCUT2D eigenvalue weighted by molar-refractivity contribution is 5.82. The molecule has 21 heavy (non-hydrogen) atoms. The maximum atomic E-state index is 12.1. The number of nitrogens with one attached hydrogen (secondary N) is 2. The Labute approximate surface area is 128 Å². The Bertz CT molecular complexity index is 449. The number of carbonyl (C=O) groups is 1. The van der Waals surface area contributed by atoms with Crippen LogP contribution in [0.1, 0.15) is 52.6 Å². The van der Waals surface area contributed by atoms with Crippen molar-refractivity contribution in [2.75, 3.05) is 7.11 Å². The van der Waals surface area contributed by atoms with Crippen molar-refractivity contribution in [3.63, 3.8) is 0 Å². The maximum absolute atomic E-state index is 12.1. The van der Waals surface area contributed by atoms with Crippen molar-refractivity contribution in [3.05, 3.63) is 29.8 Å². The summed E-state index contributed by atoms with van der Waals surface area (Å²) in [4.78, 5) is 12.1. The van der Waals surface area contributed by atoms with E-state index in [0.717, 1.165) is 17.7 Å². The van der Waals surface area contributed by atoms with Crippen molar-refractivity contribution < 1.29 is 9.53 Å². The van der Waals surface area contributed by atoms with Crippen LogP contribution in [0.15, 0.2) is 24.3 Å². The number of carbonyl (C=O) groups excluding carboxylic acids is 1. The van der Waals surface area contributed by atoms with E-state index in [-0.39, 0.29) is 23.5 Å². The summed E-state index contributed by atoms with van der Waals surface area (Å²) in [5.74, 6) is 0.863. The lowest BCUT2D eigenvalue weighted by atomic mass is 10.0. The Morgan fingerprint density at radius 3 is 2.24 bits per heavy atom. The highest BCUT2D eigenvalue weighted by atomic mass is 16.5. The number of benzene rings is 1. The van der Waals surface area contributed by atoms with Gasteiger partial charge >= 0.3 is 0 Å². The van der Waals surface area contributed by atoms with Crippen molar-refractivity contribution in [2.45, 2.75) is 58.7 Å². The number of methoxy groups -OCH3 is 1. The second-order valence-corrected chi connectivity index (χ2v) is 6.36. The quantitative estimate of drug-likeness (QED) is 0.847. The molecule has 0 heterocycles. The van der Waals surface area contributed by atoms with Crippen LogP contribution in [0.5, 0.6) is 5.75 Å². The van der Waals surface area contributed by atoms with Gasteiger partial charge in [0.15, 0.2) is 0 Å². The molecule has 1 rings (SSSR count). The van der Waals surface area contributed by atoms with E-state index < -0.39 is 0 Å². The summed E-state index contributed by atoms with van der Waals surface area (Å²) in [6, 6.07) is 7.87. The molecule has 4 heteroatoms. The van der Waals surface area contributed by atoms with Crippen LogP contribution in [-0.4, -0.2) is 24.6 Å². The zero-order valence-electron chi connectivity index (χ0n) is 14.0. The number of rotatable bonds is 6.